The van der Waals surface area contributed by atoms with E-state index in [0.29, 0.717) is 5.78 Å². The summed E-state index contributed by atoms with van der Waals surface area (Å²) >= 11 is 0. The van der Waals surface area contributed by atoms with Gasteiger partial charge in [-0.2, -0.15) is 9.61 Å². The van der Waals surface area contributed by atoms with Gasteiger partial charge in [-0.05, 0) is 6.92 Å². The molecule has 0 aromatic carbocycles. The predicted molar refractivity (Wildman–Crippen MR) is 43.4 cm³/mol. The molecule has 2 aromatic heterocycles. The molecule has 0 radical (unpaired) electrons. The lowest BCUT2D eigenvalue weighted by Gasteiger charge is -2.01. The van der Waals surface area contributed by atoms with Gasteiger partial charge in [0, 0.05) is 6.04 Å². The molecule has 2 rings (SSSR count). The minimum atomic E-state index is -0.0725. The highest BCUT2D eigenvalue weighted by Gasteiger charge is 2.07. The molecule has 2 aromatic rings. The molecule has 1 unspecified atom stereocenters. The van der Waals surface area contributed by atoms with Gasteiger partial charge in [0.05, 0.1) is 24.3 Å². The van der Waals surface area contributed by atoms with Crippen LogP contribution in [0.1, 0.15) is 18.7 Å². The van der Waals surface area contributed by atoms with Crippen LogP contribution in [0.25, 0.3) is 5.78 Å². The lowest BCUT2D eigenvalue weighted by Crippen LogP contribution is -2.09. The van der Waals surface area contributed by atoms with E-state index >= 15 is 0 Å². The largest absolute Gasteiger partial charge is 0.323 e. The van der Waals surface area contributed by atoms with Crippen LogP contribution in [0.3, 0.4) is 0 Å². The fourth-order valence-corrected chi connectivity index (χ4v) is 1.06. The summed E-state index contributed by atoms with van der Waals surface area (Å²) in [5.74, 6) is 0.588. The third kappa shape index (κ3) is 0.947. The van der Waals surface area contributed by atoms with E-state index in [1.807, 2.05) is 6.92 Å². The highest BCUT2D eigenvalue weighted by molar-refractivity contribution is 5.28. The van der Waals surface area contributed by atoms with Crippen molar-refractivity contribution >= 4 is 5.78 Å². The van der Waals surface area contributed by atoms with Crippen molar-refractivity contribution in [2.45, 2.75) is 13.0 Å². The number of nitrogens with zero attached hydrogens (tertiary/aromatic N) is 4. The van der Waals surface area contributed by atoms with Crippen LogP contribution in [0.5, 0.6) is 0 Å². The molecule has 5 nitrogen and oxygen atoms in total. The number of fused-ring (bicyclic) bond motifs is 1. The van der Waals surface area contributed by atoms with E-state index in [2.05, 4.69) is 15.1 Å². The van der Waals surface area contributed by atoms with Gasteiger partial charge in [0.25, 0.3) is 5.78 Å². The summed E-state index contributed by atoms with van der Waals surface area (Å²) in [6.45, 7) is 1.89. The Morgan fingerprint density at radius 1 is 1.42 bits per heavy atom. The second-order valence-electron chi connectivity index (χ2n) is 2.63. The Labute approximate surface area is 69.2 Å². The lowest BCUT2D eigenvalue weighted by atomic mass is 10.3. The topological polar surface area (TPSA) is 69.1 Å². The van der Waals surface area contributed by atoms with E-state index in [1.54, 1.807) is 23.1 Å². The third-order valence-electron chi connectivity index (χ3n) is 1.65. The van der Waals surface area contributed by atoms with Crippen molar-refractivity contribution in [2.24, 2.45) is 5.73 Å². The van der Waals surface area contributed by atoms with E-state index in [4.69, 9.17) is 5.73 Å². The van der Waals surface area contributed by atoms with Gasteiger partial charge in [-0.3, -0.25) is 0 Å². The van der Waals surface area contributed by atoms with Gasteiger partial charge in [0.2, 0.25) is 0 Å². The molecule has 0 amide bonds. The Bertz CT molecular complexity index is 391. The standard InChI is InChI=1S/C7H9N5/c1-5(8)6-4-10-7-9-2-3-11-12(6)7/h2-5H,8H2,1H3. The van der Waals surface area contributed by atoms with Crippen molar-refractivity contribution in [3.05, 3.63) is 24.3 Å². The highest BCUT2D eigenvalue weighted by atomic mass is 15.3. The number of hydrogen-bond acceptors (Lipinski definition) is 4. The van der Waals surface area contributed by atoms with Crippen molar-refractivity contribution in [3.63, 3.8) is 0 Å². The van der Waals surface area contributed by atoms with Gasteiger partial charge < -0.3 is 5.73 Å². The van der Waals surface area contributed by atoms with Gasteiger partial charge in [-0.15, -0.1) is 0 Å². The van der Waals surface area contributed by atoms with Gasteiger partial charge in [-0.25, -0.2) is 9.97 Å². The maximum atomic E-state index is 5.70. The quantitative estimate of drug-likeness (QED) is 0.649. The first-order chi connectivity index (χ1) is 5.79. The van der Waals surface area contributed by atoms with E-state index in [9.17, 15) is 0 Å². The van der Waals surface area contributed by atoms with Crippen LogP contribution < -0.4 is 5.73 Å². The van der Waals surface area contributed by atoms with Crippen molar-refractivity contribution in [1.29, 1.82) is 0 Å². The van der Waals surface area contributed by atoms with Crippen LogP contribution in [0.4, 0.5) is 0 Å². The minimum Gasteiger partial charge on any atom is -0.323 e. The molecule has 0 fully saturated rings. The first-order valence-electron chi connectivity index (χ1n) is 3.69. The number of hydrogen-bond donors (Lipinski definition) is 1. The first-order valence-corrected chi connectivity index (χ1v) is 3.69. The Morgan fingerprint density at radius 3 is 3.00 bits per heavy atom. The summed E-state index contributed by atoms with van der Waals surface area (Å²) in [5, 5.41) is 4.07. The van der Waals surface area contributed by atoms with Crippen molar-refractivity contribution in [1.82, 2.24) is 19.6 Å². The second-order valence-corrected chi connectivity index (χ2v) is 2.63. The Hall–Kier alpha value is -1.49. The monoisotopic (exact) mass is 163 g/mol. The SMILES string of the molecule is CC(N)c1cnc2nccnn12. The van der Waals surface area contributed by atoms with Crippen molar-refractivity contribution < 1.29 is 0 Å². The smallest absolute Gasteiger partial charge is 0.250 e. The molecule has 62 valence electrons. The van der Waals surface area contributed by atoms with E-state index in [-0.39, 0.29) is 6.04 Å². The van der Waals surface area contributed by atoms with Crippen LogP contribution in [-0.4, -0.2) is 19.6 Å². The molecule has 2 N–H and O–H groups in total. The van der Waals surface area contributed by atoms with Gasteiger partial charge >= 0.3 is 0 Å². The van der Waals surface area contributed by atoms with E-state index in [0.717, 1.165) is 5.69 Å². The molecule has 12 heavy (non-hydrogen) atoms. The molecule has 0 saturated carbocycles. The molecule has 0 saturated heterocycles. The summed E-state index contributed by atoms with van der Waals surface area (Å²) in [7, 11) is 0. The van der Waals surface area contributed by atoms with Crippen LogP contribution >= 0.6 is 0 Å². The highest BCUT2D eigenvalue weighted by Crippen LogP contribution is 2.08. The van der Waals surface area contributed by atoms with Crippen molar-refractivity contribution in [2.75, 3.05) is 0 Å². The fourth-order valence-electron chi connectivity index (χ4n) is 1.06. The molecule has 0 spiro atoms. The summed E-state index contributed by atoms with van der Waals surface area (Å²) in [6, 6.07) is -0.0725. The molecule has 1 atom stereocenters. The molecule has 0 bridgehead atoms. The van der Waals surface area contributed by atoms with E-state index in [1.165, 1.54) is 0 Å². The van der Waals surface area contributed by atoms with E-state index < -0.39 is 0 Å². The maximum Gasteiger partial charge on any atom is 0.250 e. The summed E-state index contributed by atoms with van der Waals surface area (Å²) in [6.07, 6.45) is 4.91. The lowest BCUT2D eigenvalue weighted by molar-refractivity contribution is 0.725. The van der Waals surface area contributed by atoms with Crippen LogP contribution in [0, 0.1) is 0 Å². The normalized spacial score (nSPS) is 13.5. The third-order valence-corrected chi connectivity index (χ3v) is 1.65. The minimum absolute atomic E-state index is 0.0725. The average molecular weight is 163 g/mol. The Morgan fingerprint density at radius 2 is 2.25 bits per heavy atom. The first kappa shape index (κ1) is 7.17. The van der Waals surface area contributed by atoms with Gasteiger partial charge in [0.15, 0.2) is 0 Å². The number of nitrogens with two attached hydrogens (primary N) is 1. The zero-order valence-electron chi connectivity index (χ0n) is 6.68. The van der Waals surface area contributed by atoms with Crippen molar-refractivity contribution in [3.8, 4) is 0 Å². The number of rotatable bonds is 1. The molecule has 0 aliphatic heterocycles. The molecular formula is C7H9N5. The molecule has 2 heterocycles. The molecule has 0 aliphatic carbocycles. The van der Waals surface area contributed by atoms with Gasteiger partial charge in [-0.1, -0.05) is 0 Å². The maximum absolute atomic E-state index is 5.70. The van der Waals surface area contributed by atoms with Crippen LogP contribution in [-0.2, 0) is 0 Å². The Kier molecular flexibility index (Phi) is 1.51. The summed E-state index contributed by atoms with van der Waals surface area (Å²) in [4.78, 5) is 8.07. The van der Waals surface area contributed by atoms with Crippen LogP contribution in [0.15, 0.2) is 18.6 Å². The fraction of sp³-hybridized carbons (Fsp3) is 0.286. The second kappa shape index (κ2) is 2.53. The number of imidazole rings is 1. The van der Waals surface area contributed by atoms with Gasteiger partial charge in [0.1, 0.15) is 0 Å². The molecule has 0 aliphatic rings. The summed E-state index contributed by atoms with van der Waals surface area (Å²) < 4.78 is 1.64. The zero-order chi connectivity index (χ0) is 8.55. The predicted octanol–water partition coefficient (Wildman–Crippen LogP) is 0.144. The Balaban J connectivity index is 2.70. The van der Waals surface area contributed by atoms with Crippen LogP contribution in [0.2, 0.25) is 0 Å². The zero-order valence-corrected chi connectivity index (χ0v) is 6.68. The molecule has 5 heteroatoms. The number of aromatic nitrogens is 4. The molecular weight excluding hydrogens is 154 g/mol. The summed E-state index contributed by atoms with van der Waals surface area (Å²) in [5.41, 5.74) is 6.57. The average Bonchev–Trinajstić information content (AvgIpc) is 2.47.